The Kier molecular flexibility index (Phi) is 6.83. The van der Waals surface area contributed by atoms with Gasteiger partial charge in [-0.15, -0.1) is 0 Å². The van der Waals surface area contributed by atoms with Gasteiger partial charge in [0.2, 0.25) is 10.0 Å². The van der Waals surface area contributed by atoms with E-state index in [1.807, 2.05) is 18.2 Å². The molecule has 3 heterocycles. The van der Waals surface area contributed by atoms with Gasteiger partial charge in [-0.25, -0.2) is 22.7 Å². The maximum Gasteiger partial charge on any atom is 0.211 e. The summed E-state index contributed by atoms with van der Waals surface area (Å²) in [5, 5.41) is 15.0. The van der Waals surface area contributed by atoms with E-state index >= 15 is 0 Å². The van der Waals surface area contributed by atoms with Gasteiger partial charge < -0.3 is 10.4 Å². The molecule has 0 spiro atoms. The standard InChI is InChI=1S/C24H30ClN5O3S/c1-15(17-6-5-9-30(14-17)34(4,32)33)29-22-19-10-16(7-8-21(19)26-13-20(22)25)18-11-27-23(28-12-18)24(2,3)31/h7-8,10-13,15,17,31H,5-6,9,14H2,1-4H3,(H,26,29)/t15-,17?/m0/s1. The van der Waals surface area contributed by atoms with Gasteiger partial charge >= 0.3 is 0 Å². The van der Waals surface area contributed by atoms with Crippen molar-refractivity contribution in [1.29, 1.82) is 0 Å². The number of hydrogen-bond donors (Lipinski definition) is 2. The van der Waals surface area contributed by atoms with Crippen LogP contribution < -0.4 is 5.32 Å². The molecule has 1 saturated heterocycles. The van der Waals surface area contributed by atoms with E-state index in [-0.39, 0.29) is 12.0 Å². The number of nitrogens with zero attached hydrogens (tertiary/aromatic N) is 4. The molecule has 1 fully saturated rings. The van der Waals surface area contributed by atoms with Crippen LogP contribution in [-0.4, -0.2) is 58.2 Å². The van der Waals surface area contributed by atoms with Crippen LogP contribution in [0.3, 0.4) is 0 Å². The number of fused-ring (bicyclic) bond motifs is 1. The van der Waals surface area contributed by atoms with E-state index in [2.05, 4.69) is 27.2 Å². The van der Waals surface area contributed by atoms with Gasteiger partial charge in [0.05, 0.1) is 22.5 Å². The maximum atomic E-state index is 12.0. The average molecular weight is 504 g/mol. The van der Waals surface area contributed by atoms with Crippen molar-refractivity contribution in [3.8, 4) is 11.1 Å². The third kappa shape index (κ3) is 5.33. The van der Waals surface area contributed by atoms with Gasteiger partial charge in [0, 0.05) is 48.7 Å². The highest BCUT2D eigenvalue weighted by atomic mass is 35.5. The molecule has 1 aliphatic heterocycles. The predicted molar refractivity (Wildman–Crippen MR) is 135 cm³/mol. The Morgan fingerprint density at radius 1 is 1.18 bits per heavy atom. The van der Waals surface area contributed by atoms with E-state index < -0.39 is 15.6 Å². The molecule has 1 aromatic carbocycles. The number of benzene rings is 1. The molecule has 0 bridgehead atoms. The third-order valence-electron chi connectivity index (χ3n) is 6.32. The van der Waals surface area contributed by atoms with Gasteiger partial charge in [0.1, 0.15) is 5.60 Å². The summed E-state index contributed by atoms with van der Waals surface area (Å²) in [6.07, 6.45) is 8.05. The van der Waals surface area contributed by atoms with E-state index in [1.165, 1.54) is 6.26 Å². The zero-order valence-corrected chi connectivity index (χ0v) is 21.4. The monoisotopic (exact) mass is 503 g/mol. The molecule has 0 saturated carbocycles. The summed E-state index contributed by atoms with van der Waals surface area (Å²) in [6.45, 7) is 6.41. The molecule has 1 unspecified atom stereocenters. The number of nitrogens with one attached hydrogen (secondary N) is 1. The smallest absolute Gasteiger partial charge is 0.211 e. The van der Waals surface area contributed by atoms with Crippen LogP contribution in [0.15, 0.2) is 36.8 Å². The molecular formula is C24H30ClN5O3S. The molecule has 1 aliphatic rings. The highest BCUT2D eigenvalue weighted by molar-refractivity contribution is 7.88. The van der Waals surface area contributed by atoms with Crippen LogP contribution in [0.5, 0.6) is 0 Å². The number of hydrogen-bond acceptors (Lipinski definition) is 7. The van der Waals surface area contributed by atoms with Crippen molar-refractivity contribution in [3.63, 3.8) is 0 Å². The highest BCUT2D eigenvalue weighted by Crippen LogP contribution is 2.35. The molecule has 2 aromatic heterocycles. The summed E-state index contributed by atoms with van der Waals surface area (Å²) >= 11 is 6.57. The number of sulfonamides is 1. The lowest BCUT2D eigenvalue weighted by Gasteiger charge is -2.35. The Bertz CT molecular complexity index is 1290. The fraction of sp³-hybridized carbons (Fsp3) is 0.458. The van der Waals surface area contributed by atoms with Crippen LogP contribution in [0.25, 0.3) is 22.0 Å². The van der Waals surface area contributed by atoms with Gasteiger partial charge in [-0.2, -0.15) is 0 Å². The van der Waals surface area contributed by atoms with Gasteiger partial charge in [0.15, 0.2) is 5.82 Å². The second-order valence-corrected chi connectivity index (χ2v) is 11.9. The first-order valence-electron chi connectivity index (χ1n) is 11.3. The van der Waals surface area contributed by atoms with E-state index in [1.54, 1.807) is 36.7 Å². The van der Waals surface area contributed by atoms with Gasteiger partial charge in [0.25, 0.3) is 0 Å². The zero-order valence-electron chi connectivity index (χ0n) is 19.8. The minimum absolute atomic E-state index is 0.00529. The molecule has 2 atom stereocenters. The van der Waals surface area contributed by atoms with Crippen molar-refractivity contribution < 1.29 is 13.5 Å². The van der Waals surface area contributed by atoms with Crippen LogP contribution in [0.4, 0.5) is 5.69 Å². The van der Waals surface area contributed by atoms with Crippen LogP contribution in [0, 0.1) is 5.92 Å². The molecule has 0 amide bonds. The molecule has 2 N–H and O–H groups in total. The Balaban J connectivity index is 1.64. The maximum absolute atomic E-state index is 12.0. The Morgan fingerprint density at radius 3 is 2.53 bits per heavy atom. The van der Waals surface area contributed by atoms with E-state index in [0.29, 0.717) is 23.9 Å². The third-order valence-corrected chi connectivity index (χ3v) is 7.88. The largest absolute Gasteiger partial charge is 0.382 e. The van der Waals surface area contributed by atoms with Crippen LogP contribution in [-0.2, 0) is 15.6 Å². The van der Waals surface area contributed by atoms with Crippen molar-refractivity contribution in [2.75, 3.05) is 24.7 Å². The van der Waals surface area contributed by atoms with Crippen molar-refractivity contribution in [2.45, 2.75) is 45.3 Å². The van der Waals surface area contributed by atoms with E-state index in [4.69, 9.17) is 11.6 Å². The van der Waals surface area contributed by atoms with Crippen LogP contribution in [0.1, 0.15) is 39.4 Å². The quantitative estimate of drug-likeness (QED) is 0.522. The number of halogens is 1. The van der Waals surface area contributed by atoms with E-state index in [9.17, 15) is 13.5 Å². The van der Waals surface area contributed by atoms with Gasteiger partial charge in [-0.3, -0.25) is 4.98 Å². The second kappa shape index (κ2) is 9.37. The molecule has 10 heteroatoms. The normalized spacial score (nSPS) is 18.7. The molecular weight excluding hydrogens is 474 g/mol. The van der Waals surface area contributed by atoms with Gasteiger partial charge in [-0.05, 0) is 57.2 Å². The lowest BCUT2D eigenvalue weighted by Crippen LogP contribution is -2.44. The molecule has 3 aromatic rings. The van der Waals surface area contributed by atoms with Crippen molar-refractivity contribution in [3.05, 3.63) is 47.6 Å². The number of aliphatic hydroxyl groups is 1. The Morgan fingerprint density at radius 2 is 1.88 bits per heavy atom. The Hall–Kier alpha value is -2.33. The van der Waals surface area contributed by atoms with Crippen LogP contribution in [0.2, 0.25) is 5.02 Å². The fourth-order valence-electron chi connectivity index (χ4n) is 4.32. The number of piperidine rings is 1. The number of aromatic nitrogens is 3. The summed E-state index contributed by atoms with van der Waals surface area (Å²) in [6, 6.07) is 5.87. The number of rotatable bonds is 6. The minimum Gasteiger partial charge on any atom is -0.382 e. The van der Waals surface area contributed by atoms with Crippen LogP contribution >= 0.6 is 11.6 Å². The first kappa shape index (κ1) is 24.8. The predicted octanol–water partition coefficient (Wildman–Crippen LogP) is 4.04. The Labute approximate surface area is 205 Å². The van der Waals surface area contributed by atoms with Gasteiger partial charge in [-0.1, -0.05) is 17.7 Å². The fourth-order valence-corrected chi connectivity index (χ4v) is 5.44. The minimum atomic E-state index is -3.21. The first-order valence-corrected chi connectivity index (χ1v) is 13.5. The molecule has 182 valence electrons. The lowest BCUT2D eigenvalue weighted by molar-refractivity contribution is 0.0687. The van der Waals surface area contributed by atoms with Crippen molar-refractivity contribution >= 4 is 38.2 Å². The summed E-state index contributed by atoms with van der Waals surface area (Å²) in [5.41, 5.74) is 2.16. The van der Waals surface area contributed by atoms with Crippen molar-refractivity contribution in [2.24, 2.45) is 5.92 Å². The molecule has 0 radical (unpaired) electrons. The topological polar surface area (TPSA) is 108 Å². The summed E-state index contributed by atoms with van der Waals surface area (Å²) in [7, 11) is -3.21. The average Bonchev–Trinajstić information content (AvgIpc) is 2.79. The summed E-state index contributed by atoms with van der Waals surface area (Å²) in [4.78, 5) is 13.1. The number of pyridine rings is 1. The molecule has 4 rings (SSSR count). The summed E-state index contributed by atoms with van der Waals surface area (Å²) < 4.78 is 25.6. The molecule has 34 heavy (non-hydrogen) atoms. The lowest BCUT2D eigenvalue weighted by atomic mass is 9.92. The SMILES string of the molecule is C[C@H](Nc1c(Cl)cnc2ccc(-c3cnc(C(C)(C)O)nc3)cc12)C1CCCN(S(C)(=O)=O)C1. The first-order chi connectivity index (χ1) is 15.9. The highest BCUT2D eigenvalue weighted by Gasteiger charge is 2.29. The summed E-state index contributed by atoms with van der Waals surface area (Å²) in [5.74, 6) is 0.516. The van der Waals surface area contributed by atoms with E-state index in [0.717, 1.165) is 40.6 Å². The zero-order chi connectivity index (χ0) is 24.7. The van der Waals surface area contributed by atoms with Crippen molar-refractivity contribution in [1.82, 2.24) is 19.3 Å². The molecule has 8 nitrogen and oxygen atoms in total. The number of anilines is 1. The molecule has 0 aliphatic carbocycles. The second-order valence-electron chi connectivity index (χ2n) is 9.52.